The molecule has 4 aromatic carbocycles. The third kappa shape index (κ3) is 9.85. The second-order valence-corrected chi connectivity index (χ2v) is 12.4. The molecule has 0 amide bonds. The van der Waals surface area contributed by atoms with E-state index in [-0.39, 0.29) is 40.9 Å². The summed E-state index contributed by atoms with van der Waals surface area (Å²) in [6.07, 6.45) is 3.49. The van der Waals surface area contributed by atoms with E-state index in [1.54, 1.807) is 12.4 Å². The van der Waals surface area contributed by atoms with Crippen LogP contribution in [0.25, 0.3) is 60.3 Å². The maximum absolute atomic E-state index is 14.2. The smallest absolute Gasteiger partial charge is 0.373 e. The molecular formula is C34H17Br2Cl2F2N8Na. The van der Waals surface area contributed by atoms with Crippen LogP contribution < -0.4 is 29.6 Å². The molecule has 7 rings (SSSR count). The van der Waals surface area contributed by atoms with Gasteiger partial charge in [0.15, 0.2) is 0 Å². The molecule has 0 aliphatic heterocycles. The number of nitrogens with zero attached hydrogens (tertiary/aromatic N) is 7. The van der Waals surface area contributed by atoms with E-state index < -0.39 is 5.82 Å². The molecule has 49 heavy (non-hydrogen) atoms. The van der Waals surface area contributed by atoms with Gasteiger partial charge in [-0.25, -0.2) is 8.78 Å². The van der Waals surface area contributed by atoms with Crippen molar-refractivity contribution >= 4 is 76.9 Å². The Morgan fingerprint density at radius 2 is 1.24 bits per heavy atom. The fourth-order valence-corrected chi connectivity index (χ4v) is 5.51. The van der Waals surface area contributed by atoms with Crippen molar-refractivity contribution in [2.75, 3.05) is 0 Å². The maximum Gasteiger partial charge on any atom is 1.00 e. The summed E-state index contributed by atoms with van der Waals surface area (Å²) in [4.78, 5) is 10.1. The number of H-pyrrole nitrogens is 1. The van der Waals surface area contributed by atoms with Gasteiger partial charge in [-0.1, -0.05) is 41.1 Å². The topological polar surface area (TPSA) is 126 Å². The van der Waals surface area contributed by atoms with Crippen molar-refractivity contribution in [3.63, 3.8) is 0 Å². The monoisotopic (exact) mass is 826 g/mol. The van der Waals surface area contributed by atoms with Crippen LogP contribution in [0.4, 0.5) is 8.78 Å². The van der Waals surface area contributed by atoms with Gasteiger partial charge in [0.25, 0.3) is 0 Å². The van der Waals surface area contributed by atoms with Gasteiger partial charge in [-0.15, -0.1) is 0 Å². The maximum atomic E-state index is 14.2. The van der Waals surface area contributed by atoms with E-state index in [1.165, 1.54) is 41.3 Å². The van der Waals surface area contributed by atoms with Crippen LogP contribution in [0.5, 0.6) is 0 Å². The van der Waals surface area contributed by atoms with Gasteiger partial charge in [0.05, 0.1) is 16.6 Å². The molecule has 236 valence electrons. The number of aromatic amines is 1. The number of benzene rings is 4. The molecule has 8 nitrogen and oxygen atoms in total. The van der Waals surface area contributed by atoms with Gasteiger partial charge in [-0.3, -0.25) is 14.9 Å². The number of hydrogen-bond acceptors (Lipinski definition) is 4. The van der Waals surface area contributed by atoms with Gasteiger partial charge in [-0.2, -0.15) is 15.4 Å². The van der Waals surface area contributed by atoms with Crippen molar-refractivity contribution in [1.29, 1.82) is 0 Å². The fourth-order valence-electron chi connectivity index (χ4n) is 4.47. The Morgan fingerprint density at radius 3 is 1.92 bits per heavy atom. The summed E-state index contributed by atoms with van der Waals surface area (Å²) in [5.74, 6) is 4.98. The molecule has 7 aromatic rings. The molecule has 3 heterocycles. The minimum absolute atomic E-state index is 0. The van der Waals surface area contributed by atoms with Gasteiger partial charge >= 0.3 is 29.6 Å². The molecule has 0 aliphatic rings. The van der Waals surface area contributed by atoms with E-state index in [4.69, 9.17) is 34.3 Å². The number of nitrogens with one attached hydrogen (secondary N) is 1. The van der Waals surface area contributed by atoms with Crippen LogP contribution in [0.2, 0.25) is 10.0 Å². The Morgan fingerprint density at radius 1 is 0.673 bits per heavy atom. The van der Waals surface area contributed by atoms with Gasteiger partial charge in [0.1, 0.15) is 23.0 Å². The Labute approximate surface area is 327 Å². The Bertz CT molecular complexity index is 2390. The van der Waals surface area contributed by atoms with Crippen molar-refractivity contribution < 1.29 is 38.3 Å². The summed E-state index contributed by atoms with van der Waals surface area (Å²) in [5, 5.41) is 13.7. The quantitative estimate of drug-likeness (QED) is 0.0619. The predicted molar refractivity (Wildman–Crippen MR) is 192 cm³/mol. The molecule has 3 aromatic heterocycles. The van der Waals surface area contributed by atoms with E-state index in [2.05, 4.69) is 69.1 Å². The molecule has 1 N–H and O–H groups in total. The average molecular weight is 829 g/mol. The summed E-state index contributed by atoms with van der Waals surface area (Å²) in [5.41, 5.74) is 18.4. The molecule has 0 saturated heterocycles. The Kier molecular flexibility index (Phi) is 13.7. The van der Waals surface area contributed by atoms with E-state index >= 15 is 0 Å². The molecular weight excluding hydrogens is 812 g/mol. The summed E-state index contributed by atoms with van der Waals surface area (Å²) >= 11 is 18.6. The van der Waals surface area contributed by atoms with Gasteiger partial charge in [0.2, 0.25) is 0 Å². The molecule has 0 fully saturated rings. The first-order chi connectivity index (χ1) is 23.1. The van der Waals surface area contributed by atoms with Crippen LogP contribution in [0, 0.1) is 23.5 Å². The van der Waals surface area contributed by atoms with Gasteiger partial charge < -0.3 is 11.1 Å². The van der Waals surface area contributed by atoms with Crippen LogP contribution in [-0.4, -0.2) is 25.4 Å². The van der Waals surface area contributed by atoms with Crippen LogP contribution in [-0.2, 0) is 0 Å². The standard InChI is InChI=1S/C17H9BrClFN4.C17H8BrClFN.N3.Na/c18-11-6-10-5-9(1-4-15(10)21-8-11)16-17(23-24-22-16)13-7-12(19)2-3-14(13)20;18-14-8-13-7-11(2-6-17(13)21-10-14)1-3-12-9-15(19)4-5-16(12)20;1-3-2;/h1-8H,(H,22,23,24);2,4-10H;;/q;;-1;+1. The molecule has 0 bridgehead atoms. The number of halogens is 6. The van der Waals surface area contributed by atoms with Gasteiger partial charge in [0, 0.05) is 58.8 Å². The number of pyridine rings is 2. The zero-order valence-corrected chi connectivity index (χ0v) is 31.8. The van der Waals surface area contributed by atoms with E-state index in [0.717, 1.165) is 41.9 Å². The summed E-state index contributed by atoms with van der Waals surface area (Å²) in [6, 6.07) is 24.0. The molecule has 0 aliphatic carbocycles. The predicted octanol–water partition coefficient (Wildman–Crippen LogP) is 8.30. The second kappa shape index (κ2) is 17.7. The normalized spacial score (nSPS) is 10.0. The first-order valence-corrected chi connectivity index (χ1v) is 15.9. The second-order valence-electron chi connectivity index (χ2n) is 9.73. The third-order valence-corrected chi connectivity index (χ3v) is 7.91. The first-order valence-electron chi connectivity index (χ1n) is 13.6. The number of aromatic nitrogens is 5. The van der Waals surface area contributed by atoms with E-state index in [1.807, 2.05) is 48.5 Å². The SMILES string of the molecule is Fc1ccc(Cl)cc1-c1n[nH]nc1-c1ccc2ncc(Br)cc2c1.Fc1ccc(Cl)cc1C#Cc1ccc2ncc(Br)cc2c1.[N-]=[N+]=[N-].[Na+]. The molecule has 15 heteroatoms. The minimum Gasteiger partial charge on any atom is -0.373 e. The number of hydrogen-bond donors (Lipinski definition) is 1. The third-order valence-electron chi connectivity index (χ3n) is 6.57. The van der Waals surface area contributed by atoms with Crippen molar-refractivity contribution in [2.24, 2.45) is 0 Å². The largest absolute Gasteiger partial charge is 1.00 e. The zero-order chi connectivity index (χ0) is 34.2. The average Bonchev–Trinajstić information content (AvgIpc) is 3.56. The van der Waals surface area contributed by atoms with Crippen LogP contribution >= 0.6 is 55.1 Å². The fraction of sp³-hybridized carbons (Fsp3) is 0. The Balaban J connectivity index is 0.000000202. The molecule has 0 radical (unpaired) electrons. The Hall–Kier alpha value is -3.89. The van der Waals surface area contributed by atoms with Crippen LogP contribution in [0.1, 0.15) is 11.1 Å². The van der Waals surface area contributed by atoms with Crippen molar-refractivity contribution in [3.8, 4) is 34.4 Å². The molecule has 0 saturated carbocycles. The molecule has 0 spiro atoms. The molecule has 0 atom stereocenters. The van der Waals surface area contributed by atoms with Crippen molar-refractivity contribution in [2.45, 2.75) is 0 Å². The summed E-state index contributed by atoms with van der Waals surface area (Å²) in [7, 11) is 0. The van der Waals surface area contributed by atoms with E-state index in [9.17, 15) is 8.78 Å². The van der Waals surface area contributed by atoms with Crippen LogP contribution in [0.15, 0.2) is 106 Å². The van der Waals surface area contributed by atoms with E-state index in [0.29, 0.717) is 27.0 Å². The number of rotatable bonds is 2. The van der Waals surface area contributed by atoms with Crippen molar-refractivity contribution in [3.05, 3.63) is 155 Å². The van der Waals surface area contributed by atoms with Gasteiger partial charge in [-0.05, 0) is 111 Å². The number of fused-ring (bicyclic) bond motifs is 2. The zero-order valence-electron chi connectivity index (χ0n) is 25.1. The molecule has 0 unspecified atom stereocenters. The first kappa shape index (κ1) is 37.9. The summed E-state index contributed by atoms with van der Waals surface area (Å²) in [6.45, 7) is 0. The van der Waals surface area contributed by atoms with Crippen LogP contribution in [0.3, 0.4) is 0 Å². The summed E-state index contributed by atoms with van der Waals surface area (Å²) < 4.78 is 29.6. The van der Waals surface area contributed by atoms with Crippen molar-refractivity contribution in [1.82, 2.24) is 25.4 Å². The minimum atomic E-state index is -0.403.